The van der Waals surface area contributed by atoms with Crippen molar-refractivity contribution in [2.75, 3.05) is 0 Å². The van der Waals surface area contributed by atoms with Crippen LogP contribution in [-0.2, 0) is 12.0 Å². The quantitative estimate of drug-likeness (QED) is 0.831. The molecule has 0 amide bonds. The number of H-pyrrole nitrogens is 1. The average molecular weight is 261 g/mol. The van der Waals surface area contributed by atoms with E-state index in [4.69, 9.17) is 12.2 Å². The van der Waals surface area contributed by atoms with Crippen molar-refractivity contribution in [1.82, 2.24) is 14.8 Å². The van der Waals surface area contributed by atoms with Gasteiger partial charge in [-0.3, -0.25) is 9.67 Å². The van der Waals surface area contributed by atoms with Crippen LogP contribution in [0.1, 0.15) is 33.3 Å². The highest BCUT2D eigenvalue weighted by molar-refractivity contribution is 7.71. The lowest BCUT2D eigenvalue weighted by atomic mass is 10.1. The molecule has 1 aromatic carbocycles. The van der Waals surface area contributed by atoms with Gasteiger partial charge in [0.05, 0.1) is 0 Å². The molecule has 0 spiro atoms. The molecule has 0 fully saturated rings. The average Bonchev–Trinajstić information content (AvgIpc) is 2.71. The smallest absolute Gasteiger partial charge is 0.195 e. The number of nitrogens with zero attached hydrogens (tertiary/aromatic N) is 2. The number of benzene rings is 1. The van der Waals surface area contributed by atoms with Crippen LogP contribution in [-0.4, -0.2) is 14.8 Å². The van der Waals surface area contributed by atoms with Crippen molar-refractivity contribution in [1.29, 1.82) is 0 Å². The molecule has 0 unspecified atom stereocenters. The molecular formula is C14H19N3S. The maximum absolute atomic E-state index is 5.31. The molecule has 18 heavy (non-hydrogen) atoms. The highest BCUT2D eigenvalue weighted by Crippen LogP contribution is 2.24. The Hall–Kier alpha value is -1.42. The van der Waals surface area contributed by atoms with E-state index in [0.717, 1.165) is 17.8 Å². The SMILES string of the molecule is CCc1ccc(-c2n[nH]c(=S)n2C(C)(C)C)cc1. The summed E-state index contributed by atoms with van der Waals surface area (Å²) in [6.07, 6.45) is 1.05. The molecule has 0 saturated heterocycles. The third kappa shape index (κ3) is 2.38. The van der Waals surface area contributed by atoms with Crippen molar-refractivity contribution in [2.45, 2.75) is 39.7 Å². The lowest BCUT2D eigenvalue weighted by Gasteiger charge is -2.22. The van der Waals surface area contributed by atoms with Crippen LogP contribution in [0.4, 0.5) is 0 Å². The largest absolute Gasteiger partial charge is 0.295 e. The van der Waals surface area contributed by atoms with Crippen LogP contribution in [0.15, 0.2) is 24.3 Å². The summed E-state index contributed by atoms with van der Waals surface area (Å²) < 4.78 is 2.72. The molecule has 4 heteroatoms. The molecule has 0 aliphatic carbocycles. The topological polar surface area (TPSA) is 33.6 Å². The summed E-state index contributed by atoms with van der Waals surface area (Å²) in [4.78, 5) is 0. The summed E-state index contributed by atoms with van der Waals surface area (Å²) in [5.74, 6) is 0.898. The summed E-state index contributed by atoms with van der Waals surface area (Å²) in [6, 6.07) is 8.48. The Morgan fingerprint density at radius 1 is 1.22 bits per heavy atom. The van der Waals surface area contributed by atoms with Crippen molar-refractivity contribution < 1.29 is 0 Å². The van der Waals surface area contributed by atoms with Gasteiger partial charge in [0.15, 0.2) is 10.6 Å². The van der Waals surface area contributed by atoms with Crippen LogP contribution >= 0.6 is 12.2 Å². The van der Waals surface area contributed by atoms with Crippen LogP contribution in [0.3, 0.4) is 0 Å². The van der Waals surface area contributed by atoms with Gasteiger partial charge in [-0.15, -0.1) is 0 Å². The van der Waals surface area contributed by atoms with E-state index < -0.39 is 0 Å². The highest BCUT2D eigenvalue weighted by atomic mass is 32.1. The van der Waals surface area contributed by atoms with Gasteiger partial charge in [0.2, 0.25) is 0 Å². The van der Waals surface area contributed by atoms with Crippen molar-refractivity contribution in [2.24, 2.45) is 0 Å². The normalized spacial score (nSPS) is 11.8. The zero-order chi connectivity index (χ0) is 13.3. The number of nitrogens with one attached hydrogen (secondary N) is 1. The van der Waals surface area contributed by atoms with Crippen LogP contribution in [0, 0.1) is 4.77 Å². The molecule has 2 aromatic rings. The first-order valence-corrected chi connectivity index (χ1v) is 6.61. The molecule has 0 atom stereocenters. The van der Waals surface area contributed by atoms with Gasteiger partial charge in [0.1, 0.15) is 0 Å². The molecule has 3 nitrogen and oxygen atoms in total. The van der Waals surface area contributed by atoms with Gasteiger partial charge in [0.25, 0.3) is 0 Å². The Kier molecular flexibility index (Phi) is 3.39. The van der Waals surface area contributed by atoms with Gasteiger partial charge in [-0.05, 0) is 45.0 Å². The first-order valence-electron chi connectivity index (χ1n) is 6.20. The molecular weight excluding hydrogens is 242 g/mol. The summed E-state index contributed by atoms with van der Waals surface area (Å²) in [7, 11) is 0. The monoisotopic (exact) mass is 261 g/mol. The Morgan fingerprint density at radius 3 is 2.33 bits per heavy atom. The molecule has 1 heterocycles. The van der Waals surface area contributed by atoms with E-state index in [1.54, 1.807) is 0 Å². The Morgan fingerprint density at radius 2 is 1.83 bits per heavy atom. The number of hydrogen-bond donors (Lipinski definition) is 1. The molecule has 96 valence electrons. The maximum Gasteiger partial charge on any atom is 0.195 e. The van der Waals surface area contributed by atoms with Gasteiger partial charge < -0.3 is 0 Å². The second kappa shape index (κ2) is 4.69. The standard InChI is InChI=1S/C14H19N3S/c1-5-10-6-8-11(9-7-10)12-15-16-13(18)17(12)14(2,3)4/h6-9H,5H2,1-4H3,(H,16,18). The molecule has 0 aliphatic heterocycles. The van der Waals surface area contributed by atoms with E-state index in [0.29, 0.717) is 4.77 Å². The van der Waals surface area contributed by atoms with Gasteiger partial charge in [0, 0.05) is 11.1 Å². The van der Waals surface area contributed by atoms with Crippen molar-refractivity contribution in [3.05, 3.63) is 34.6 Å². The summed E-state index contributed by atoms with van der Waals surface area (Å²) >= 11 is 5.31. The summed E-state index contributed by atoms with van der Waals surface area (Å²) in [5, 5.41) is 7.24. The zero-order valence-electron chi connectivity index (χ0n) is 11.3. The lowest BCUT2D eigenvalue weighted by Crippen LogP contribution is -2.22. The fourth-order valence-electron chi connectivity index (χ4n) is 2.00. The van der Waals surface area contributed by atoms with Gasteiger partial charge >= 0.3 is 0 Å². The predicted octanol–water partition coefficient (Wildman–Crippen LogP) is 3.93. The minimum atomic E-state index is -0.0805. The molecule has 0 aliphatic rings. The second-order valence-electron chi connectivity index (χ2n) is 5.41. The van der Waals surface area contributed by atoms with Crippen LogP contribution in [0.25, 0.3) is 11.4 Å². The third-order valence-electron chi connectivity index (χ3n) is 2.96. The molecule has 0 bridgehead atoms. The Bertz CT molecular complexity index is 585. The fraction of sp³-hybridized carbons (Fsp3) is 0.429. The number of aromatic amines is 1. The van der Waals surface area contributed by atoms with E-state index >= 15 is 0 Å². The lowest BCUT2D eigenvalue weighted by molar-refractivity contribution is 0.395. The van der Waals surface area contributed by atoms with E-state index in [9.17, 15) is 0 Å². The number of hydrogen-bond acceptors (Lipinski definition) is 2. The van der Waals surface area contributed by atoms with Gasteiger partial charge in [-0.25, -0.2) is 0 Å². The molecule has 0 radical (unpaired) electrons. The zero-order valence-corrected chi connectivity index (χ0v) is 12.1. The number of rotatable bonds is 2. The van der Waals surface area contributed by atoms with E-state index in [-0.39, 0.29) is 5.54 Å². The first kappa shape index (κ1) is 13.0. The third-order valence-corrected chi connectivity index (χ3v) is 3.24. The van der Waals surface area contributed by atoms with Crippen molar-refractivity contribution in [3.63, 3.8) is 0 Å². The van der Waals surface area contributed by atoms with Crippen LogP contribution < -0.4 is 0 Å². The van der Waals surface area contributed by atoms with Crippen molar-refractivity contribution >= 4 is 12.2 Å². The summed E-state index contributed by atoms with van der Waals surface area (Å²) in [6.45, 7) is 8.53. The van der Waals surface area contributed by atoms with Crippen LogP contribution in [0.2, 0.25) is 0 Å². The minimum Gasteiger partial charge on any atom is -0.295 e. The molecule has 0 saturated carbocycles. The van der Waals surface area contributed by atoms with E-state index in [1.165, 1.54) is 5.56 Å². The summed E-state index contributed by atoms with van der Waals surface area (Å²) in [5.41, 5.74) is 2.34. The molecule has 1 aromatic heterocycles. The Labute approximate surface area is 113 Å². The minimum absolute atomic E-state index is 0.0805. The maximum atomic E-state index is 5.31. The van der Waals surface area contributed by atoms with Gasteiger partial charge in [-0.1, -0.05) is 31.2 Å². The predicted molar refractivity (Wildman–Crippen MR) is 77.2 cm³/mol. The van der Waals surface area contributed by atoms with Gasteiger partial charge in [-0.2, -0.15) is 5.10 Å². The fourth-order valence-corrected chi connectivity index (χ4v) is 2.41. The molecule has 2 rings (SSSR count). The van der Waals surface area contributed by atoms with E-state index in [1.807, 2.05) is 0 Å². The van der Waals surface area contributed by atoms with E-state index in [2.05, 4.69) is 66.7 Å². The highest BCUT2D eigenvalue weighted by Gasteiger charge is 2.20. The van der Waals surface area contributed by atoms with Crippen LogP contribution in [0.5, 0.6) is 0 Å². The second-order valence-corrected chi connectivity index (χ2v) is 5.80. The first-order chi connectivity index (χ1) is 8.43. The number of aryl methyl sites for hydroxylation is 1. The Balaban J connectivity index is 2.54. The number of aromatic nitrogens is 3. The molecule has 1 N–H and O–H groups in total. The van der Waals surface area contributed by atoms with Crippen molar-refractivity contribution in [3.8, 4) is 11.4 Å².